The summed E-state index contributed by atoms with van der Waals surface area (Å²) in [6.45, 7) is 2.01. The van der Waals surface area contributed by atoms with Crippen LogP contribution in [0.2, 0.25) is 0 Å². The Morgan fingerprint density at radius 2 is 1.96 bits per heavy atom. The van der Waals surface area contributed by atoms with Gasteiger partial charge in [0.25, 0.3) is 0 Å². The number of carbonyl (C=O) groups is 1. The summed E-state index contributed by atoms with van der Waals surface area (Å²) >= 11 is 0. The Kier molecular flexibility index (Phi) is 4.37. The number of anilines is 1. The fourth-order valence-electron chi connectivity index (χ4n) is 2.51. The average Bonchev–Trinajstić information content (AvgIpc) is 2.95. The number of imidazole rings is 1. The van der Waals surface area contributed by atoms with Gasteiger partial charge in [-0.1, -0.05) is 0 Å². The first kappa shape index (κ1) is 15.9. The number of nitrogens with zero attached hydrogens (tertiary/aromatic N) is 2. The molecule has 0 spiro atoms. The summed E-state index contributed by atoms with van der Waals surface area (Å²) in [5, 5.41) is 2.85. The zero-order valence-corrected chi connectivity index (χ0v) is 13.9. The highest BCUT2D eigenvalue weighted by molar-refractivity contribution is 5.92. The van der Waals surface area contributed by atoms with Crippen molar-refractivity contribution in [3.8, 4) is 11.5 Å². The molecule has 3 rings (SSSR count). The molecule has 0 saturated heterocycles. The van der Waals surface area contributed by atoms with Crippen molar-refractivity contribution in [2.45, 2.75) is 13.3 Å². The van der Waals surface area contributed by atoms with Crippen LogP contribution < -0.4 is 14.8 Å². The number of aromatic nitrogens is 2. The van der Waals surface area contributed by atoms with E-state index in [1.165, 1.54) is 0 Å². The first-order valence-electron chi connectivity index (χ1n) is 7.55. The predicted molar refractivity (Wildman–Crippen MR) is 91.8 cm³/mol. The van der Waals surface area contributed by atoms with Gasteiger partial charge in [0.2, 0.25) is 5.91 Å². The van der Waals surface area contributed by atoms with Crippen molar-refractivity contribution in [3.63, 3.8) is 0 Å². The molecule has 0 atom stereocenters. The van der Waals surface area contributed by atoms with E-state index < -0.39 is 0 Å². The van der Waals surface area contributed by atoms with E-state index in [4.69, 9.17) is 9.47 Å². The molecule has 3 aromatic rings. The topological polar surface area (TPSA) is 64.9 Å². The molecule has 0 aliphatic rings. The Morgan fingerprint density at radius 3 is 2.71 bits per heavy atom. The second kappa shape index (κ2) is 6.62. The smallest absolute Gasteiger partial charge is 0.230 e. The number of fused-ring (bicyclic) bond motifs is 1. The number of benzene rings is 1. The van der Waals surface area contributed by atoms with Crippen molar-refractivity contribution in [3.05, 3.63) is 54.0 Å². The molecule has 0 saturated carbocycles. The molecule has 0 unspecified atom stereocenters. The Hall–Kier alpha value is -3.02. The van der Waals surface area contributed by atoms with Crippen molar-refractivity contribution < 1.29 is 14.3 Å². The Morgan fingerprint density at radius 1 is 1.17 bits per heavy atom. The van der Waals surface area contributed by atoms with Gasteiger partial charge in [0.1, 0.15) is 5.65 Å². The third kappa shape index (κ3) is 3.32. The highest BCUT2D eigenvalue weighted by Crippen LogP contribution is 2.29. The first-order chi connectivity index (χ1) is 11.6. The van der Waals surface area contributed by atoms with Crippen molar-refractivity contribution in [2.75, 3.05) is 19.5 Å². The number of methoxy groups -OCH3 is 2. The van der Waals surface area contributed by atoms with Gasteiger partial charge in [-0.25, -0.2) is 4.98 Å². The fourth-order valence-corrected chi connectivity index (χ4v) is 2.51. The van der Waals surface area contributed by atoms with Crippen LogP contribution in [0.4, 0.5) is 5.69 Å². The summed E-state index contributed by atoms with van der Waals surface area (Å²) < 4.78 is 12.3. The standard InChI is InChI=1S/C18H19N3O3/c1-12-6-7-21-11-14(19-17(21)8-12)10-18(22)20-13-4-5-15(23-2)16(9-13)24-3/h4-9,11H,10H2,1-3H3,(H,20,22). The summed E-state index contributed by atoms with van der Waals surface area (Å²) in [7, 11) is 3.13. The highest BCUT2D eigenvalue weighted by atomic mass is 16.5. The maximum atomic E-state index is 12.2. The van der Waals surface area contributed by atoms with E-state index in [1.807, 2.05) is 35.9 Å². The van der Waals surface area contributed by atoms with Gasteiger partial charge in [0.05, 0.1) is 26.3 Å². The molecule has 0 fully saturated rings. The number of ether oxygens (including phenoxy) is 2. The molecule has 1 amide bonds. The molecule has 124 valence electrons. The summed E-state index contributed by atoms with van der Waals surface area (Å²) in [4.78, 5) is 16.7. The lowest BCUT2D eigenvalue weighted by Crippen LogP contribution is -2.14. The molecule has 0 aliphatic heterocycles. The van der Waals surface area contributed by atoms with Gasteiger partial charge >= 0.3 is 0 Å². The van der Waals surface area contributed by atoms with Crippen LogP contribution in [-0.4, -0.2) is 29.5 Å². The number of amides is 1. The average molecular weight is 325 g/mol. The van der Waals surface area contributed by atoms with E-state index in [-0.39, 0.29) is 12.3 Å². The maximum absolute atomic E-state index is 12.2. The van der Waals surface area contributed by atoms with Crippen molar-refractivity contribution in [1.82, 2.24) is 9.38 Å². The molecule has 0 bridgehead atoms. The molecule has 6 nitrogen and oxygen atoms in total. The van der Waals surface area contributed by atoms with Crippen LogP contribution in [0.15, 0.2) is 42.7 Å². The van der Waals surface area contributed by atoms with Gasteiger partial charge in [-0.05, 0) is 36.8 Å². The molecule has 2 heterocycles. The number of nitrogens with one attached hydrogen (secondary N) is 1. The molecular weight excluding hydrogens is 306 g/mol. The summed E-state index contributed by atoms with van der Waals surface area (Å²) in [5.74, 6) is 1.05. The van der Waals surface area contributed by atoms with Crippen LogP contribution in [-0.2, 0) is 11.2 Å². The van der Waals surface area contributed by atoms with Gasteiger partial charge in [-0.2, -0.15) is 0 Å². The highest BCUT2D eigenvalue weighted by Gasteiger charge is 2.10. The molecule has 24 heavy (non-hydrogen) atoms. The van der Waals surface area contributed by atoms with Crippen LogP contribution in [0.1, 0.15) is 11.3 Å². The van der Waals surface area contributed by atoms with Gasteiger partial charge in [0, 0.05) is 24.1 Å². The second-order valence-corrected chi connectivity index (χ2v) is 5.50. The lowest BCUT2D eigenvalue weighted by molar-refractivity contribution is -0.115. The lowest BCUT2D eigenvalue weighted by atomic mass is 10.2. The normalized spacial score (nSPS) is 10.6. The largest absolute Gasteiger partial charge is 0.493 e. The number of pyridine rings is 1. The quantitative estimate of drug-likeness (QED) is 0.783. The monoisotopic (exact) mass is 325 g/mol. The number of aryl methyl sites for hydroxylation is 1. The van der Waals surface area contributed by atoms with Crippen LogP contribution >= 0.6 is 0 Å². The third-order valence-electron chi connectivity index (χ3n) is 3.67. The molecule has 6 heteroatoms. The predicted octanol–water partition coefficient (Wildman–Crippen LogP) is 2.84. The maximum Gasteiger partial charge on any atom is 0.230 e. The molecular formula is C18H19N3O3. The SMILES string of the molecule is COc1ccc(NC(=O)Cc2cn3ccc(C)cc3n2)cc1OC. The minimum Gasteiger partial charge on any atom is -0.493 e. The third-order valence-corrected chi connectivity index (χ3v) is 3.67. The van der Waals surface area contributed by atoms with Crippen LogP contribution in [0.25, 0.3) is 5.65 Å². The molecule has 1 aromatic carbocycles. The number of hydrogen-bond donors (Lipinski definition) is 1. The van der Waals surface area contributed by atoms with Crippen molar-refractivity contribution >= 4 is 17.2 Å². The van der Waals surface area contributed by atoms with E-state index in [1.54, 1.807) is 32.4 Å². The number of rotatable bonds is 5. The Bertz CT molecular complexity index is 886. The van der Waals surface area contributed by atoms with Crippen LogP contribution in [0, 0.1) is 6.92 Å². The zero-order chi connectivity index (χ0) is 17.1. The van der Waals surface area contributed by atoms with E-state index in [0.717, 1.165) is 16.9 Å². The van der Waals surface area contributed by atoms with E-state index in [9.17, 15) is 4.79 Å². The first-order valence-corrected chi connectivity index (χ1v) is 7.55. The molecule has 0 aliphatic carbocycles. The Balaban J connectivity index is 1.72. The number of carbonyl (C=O) groups excluding carboxylic acids is 1. The second-order valence-electron chi connectivity index (χ2n) is 5.50. The zero-order valence-electron chi connectivity index (χ0n) is 13.9. The van der Waals surface area contributed by atoms with E-state index >= 15 is 0 Å². The van der Waals surface area contributed by atoms with Gasteiger partial charge in [-0.15, -0.1) is 0 Å². The fraction of sp³-hybridized carbons (Fsp3) is 0.222. The molecule has 2 aromatic heterocycles. The Labute approximate surface area is 140 Å². The van der Waals surface area contributed by atoms with Crippen LogP contribution in [0.3, 0.4) is 0 Å². The van der Waals surface area contributed by atoms with E-state index in [0.29, 0.717) is 17.2 Å². The van der Waals surface area contributed by atoms with Crippen LogP contribution in [0.5, 0.6) is 11.5 Å². The summed E-state index contributed by atoms with van der Waals surface area (Å²) in [5.41, 5.74) is 3.34. The van der Waals surface area contributed by atoms with E-state index in [2.05, 4.69) is 10.3 Å². The van der Waals surface area contributed by atoms with Gasteiger partial charge < -0.3 is 19.2 Å². The van der Waals surface area contributed by atoms with Crippen molar-refractivity contribution in [1.29, 1.82) is 0 Å². The van der Waals surface area contributed by atoms with Gasteiger partial charge in [-0.3, -0.25) is 4.79 Å². The summed E-state index contributed by atoms with van der Waals surface area (Å²) in [6.07, 6.45) is 4.01. The minimum absolute atomic E-state index is 0.137. The minimum atomic E-state index is -0.137. The molecule has 1 N–H and O–H groups in total. The lowest BCUT2D eigenvalue weighted by Gasteiger charge is -2.10. The van der Waals surface area contributed by atoms with Crippen molar-refractivity contribution in [2.24, 2.45) is 0 Å². The van der Waals surface area contributed by atoms with Gasteiger partial charge in [0.15, 0.2) is 11.5 Å². The summed E-state index contributed by atoms with van der Waals surface area (Å²) in [6, 6.07) is 9.23. The number of hydrogen-bond acceptors (Lipinski definition) is 4. The molecule has 0 radical (unpaired) electrons.